The summed E-state index contributed by atoms with van der Waals surface area (Å²) in [7, 11) is 0. The number of ether oxygens (including phenoxy) is 2. The van der Waals surface area contributed by atoms with Gasteiger partial charge in [0.1, 0.15) is 6.10 Å². The molecule has 1 N–H and O–H groups in total. The minimum atomic E-state index is 0.347. The molecule has 14 heavy (non-hydrogen) atoms. The standard InChI is InChI=1S/C11H23NO2/c1-4-5-12-11(9(2)3)8-14-10-6-13-7-10/h9-12H,4-8H2,1-3H3. The maximum Gasteiger partial charge on any atom is 0.104 e. The molecule has 0 aromatic heterocycles. The molecule has 0 saturated carbocycles. The zero-order valence-corrected chi connectivity index (χ0v) is 9.58. The molecule has 1 atom stereocenters. The van der Waals surface area contributed by atoms with Crippen LogP contribution in [0.4, 0.5) is 0 Å². The predicted octanol–water partition coefficient (Wildman–Crippen LogP) is 1.43. The van der Waals surface area contributed by atoms with Crippen LogP contribution in [0.3, 0.4) is 0 Å². The van der Waals surface area contributed by atoms with Gasteiger partial charge >= 0.3 is 0 Å². The van der Waals surface area contributed by atoms with Crippen LogP contribution < -0.4 is 5.32 Å². The van der Waals surface area contributed by atoms with Crippen LogP contribution >= 0.6 is 0 Å². The highest BCUT2D eigenvalue weighted by atomic mass is 16.6. The Labute approximate surface area is 87.2 Å². The molecule has 1 heterocycles. The summed E-state index contributed by atoms with van der Waals surface area (Å²) in [5.74, 6) is 0.627. The second-order valence-corrected chi connectivity index (χ2v) is 4.30. The first-order valence-corrected chi connectivity index (χ1v) is 5.66. The lowest BCUT2D eigenvalue weighted by Gasteiger charge is -2.30. The van der Waals surface area contributed by atoms with Crippen molar-refractivity contribution in [2.75, 3.05) is 26.4 Å². The molecule has 0 aromatic carbocycles. The summed E-state index contributed by atoms with van der Waals surface area (Å²) < 4.78 is 10.8. The number of hydrogen-bond acceptors (Lipinski definition) is 3. The highest BCUT2D eigenvalue weighted by Gasteiger charge is 2.21. The van der Waals surface area contributed by atoms with Crippen molar-refractivity contribution in [3.05, 3.63) is 0 Å². The molecular formula is C11H23NO2. The third kappa shape index (κ3) is 3.95. The Morgan fingerprint density at radius 2 is 2.14 bits per heavy atom. The van der Waals surface area contributed by atoms with Crippen molar-refractivity contribution in [3.63, 3.8) is 0 Å². The first kappa shape index (κ1) is 12.0. The highest BCUT2D eigenvalue weighted by Crippen LogP contribution is 2.09. The second kappa shape index (κ2) is 6.38. The van der Waals surface area contributed by atoms with Crippen molar-refractivity contribution in [2.45, 2.75) is 39.3 Å². The van der Waals surface area contributed by atoms with Gasteiger partial charge in [0, 0.05) is 6.04 Å². The minimum Gasteiger partial charge on any atom is -0.376 e. The average Bonchev–Trinajstić information content (AvgIpc) is 2.07. The van der Waals surface area contributed by atoms with Crippen molar-refractivity contribution < 1.29 is 9.47 Å². The smallest absolute Gasteiger partial charge is 0.104 e. The van der Waals surface area contributed by atoms with Crippen molar-refractivity contribution in [1.82, 2.24) is 5.32 Å². The van der Waals surface area contributed by atoms with E-state index in [0.29, 0.717) is 18.1 Å². The van der Waals surface area contributed by atoms with Crippen LogP contribution in [0.15, 0.2) is 0 Å². The lowest BCUT2D eigenvalue weighted by atomic mass is 10.1. The summed E-state index contributed by atoms with van der Waals surface area (Å²) in [5, 5.41) is 3.51. The maximum atomic E-state index is 5.71. The van der Waals surface area contributed by atoms with Crippen LogP contribution in [0, 0.1) is 5.92 Å². The normalized spacial score (nSPS) is 19.7. The minimum absolute atomic E-state index is 0.347. The van der Waals surface area contributed by atoms with Gasteiger partial charge in [0.25, 0.3) is 0 Å². The molecule has 1 fully saturated rings. The quantitative estimate of drug-likeness (QED) is 0.676. The molecule has 0 aromatic rings. The van der Waals surface area contributed by atoms with Gasteiger partial charge < -0.3 is 14.8 Å². The van der Waals surface area contributed by atoms with Crippen LogP contribution in [-0.4, -0.2) is 38.5 Å². The fraction of sp³-hybridized carbons (Fsp3) is 1.00. The molecule has 0 radical (unpaired) electrons. The Balaban J connectivity index is 2.13. The van der Waals surface area contributed by atoms with Gasteiger partial charge in [-0.05, 0) is 18.9 Å². The number of hydrogen-bond donors (Lipinski definition) is 1. The topological polar surface area (TPSA) is 30.5 Å². The Bertz CT molecular complexity index is 146. The molecule has 0 amide bonds. The van der Waals surface area contributed by atoms with Gasteiger partial charge in [0.15, 0.2) is 0 Å². The van der Waals surface area contributed by atoms with E-state index in [9.17, 15) is 0 Å². The van der Waals surface area contributed by atoms with Crippen molar-refractivity contribution in [3.8, 4) is 0 Å². The lowest BCUT2D eigenvalue weighted by molar-refractivity contribution is -0.134. The van der Waals surface area contributed by atoms with Crippen LogP contribution in [0.5, 0.6) is 0 Å². The molecule has 0 aliphatic carbocycles. The number of rotatable bonds is 7. The Hall–Kier alpha value is -0.120. The molecule has 1 aliphatic heterocycles. The fourth-order valence-corrected chi connectivity index (χ4v) is 1.37. The van der Waals surface area contributed by atoms with E-state index in [-0.39, 0.29) is 0 Å². The van der Waals surface area contributed by atoms with Crippen LogP contribution in [0.1, 0.15) is 27.2 Å². The number of nitrogens with one attached hydrogen (secondary N) is 1. The van der Waals surface area contributed by atoms with E-state index in [2.05, 4.69) is 26.1 Å². The highest BCUT2D eigenvalue weighted by molar-refractivity contribution is 4.72. The summed E-state index contributed by atoms with van der Waals surface area (Å²) >= 11 is 0. The molecule has 1 aliphatic rings. The summed E-state index contributed by atoms with van der Waals surface area (Å²) in [6.07, 6.45) is 1.52. The van der Waals surface area contributed by atoms with Gasteiger partial charge in [-0.3, -0.25) is 0 Å². The van der Waals surface area contributed by atoms with Gasteiger partial charge in [-0.2, -0.15) is 0 Å². The Morgan fingerprint density at radius 1 is 1.43 bits per heavy atom. The van der Waals surface area contributed by atoms with Gasteiger partial charge in [0.05, 0.1) is 19.8 Å². The summed E-state index contributed by atoms with van der Waals surface area (Å²) in [5.41, 5.74) is 0. The van der Waals surface area contributed by atoms with E-state index >= 15 is 0 Å². The average molecular weight is 201 g/mol. The molecule has 3 nitrogen and oxygen atoms in total. The molecule has 1 saturated heterocycles. The first-order valence-electron chi connectivity index (χ1n) is 5.66. The Morgan fingerprint density at radius 3 is 2.57 bits per heavy atom. The largest absolute Gasteiger partial charge is 0.376 e. The van der Waals surface area contributed by atoms with Gasteiger partial charge in [-0.15, -0.1) is 0 Å². The Kier molecular flexibility index (Phi) is 5.45. The summed E-state index contributed by atoms with van der Waals surface area (Å²) in [4.78, 5) is 0. The van der Waals surface area contributed by atoms with Crippen molar-refractivity contribution in [1.29, 1.82) is 0 Å². The van der Waals surface area contributed by atoms with Crippen molar-refractivity contribution >= 4 is 0 Å². The third-order valence-corrected chi connectivity index (χ3v) is 2.58. The molecule has 1 rings (SSSR count). The van der Waals surface area contributed by atoms with Crippen molar-refractivity contribution in [2.24, 2.45) is 5.92 Å². The van der Waals surface area contributed by atoms with Crippen LogP contribution in [0.2, 0.25) is 0 Å². The molecule has 1 unspecified atom stereocenters. The second-order valence-electron chi connectivity index (χ2n) is 4.30. The zero-order valence-electron chi connectivity index (χ0n) is 9.58. The predicted molar refractivity (Wildman–Crippen MR) is 57.5 cm³/mol. The van der Waals surface area contributed by atoms with Gasteiger partial charge in [0.2, 0.25) is 0 Å². The molecule has 3 heteroatoms. The summed E-state index contributed by atoms with van der Waals surface area (Å²) in [6, 6.07) is 0.482. The fourth-order valence-electron chi connectivity index (χ4n) is 1.37. The molecule has 0 spiro atoms. The van der Waals surface area contributed by atoms with Gasteiger partial charge in [-0.1, -0.05) is 20.8 Å². The monoisotopic (exact) mass is 201 g/mol. The third-order valence-electron chi connectivity index (χ3n) is 2.58. The lowest BCUT2D eigenvalue weighted by Crippen LogP contribution is -2.43. The molecule has 0 bridgehead atoms. The zero-order chi connectivity index (χ0) is 10.4. The summed E-state index contributed by atoms with van der Waals surface area (Å²) in [6.45, 7) is 10.1. The maximum absolute atomic E-state index is 5.71. The first-order chi connectivity index (χ1) is 6.74. The van der Waals surface area contributed by atoms with E-state index in [4.69, 9.17) is 9.47 Å². The molecular weight excluding hydrogens is 178 g/mol. The molecule has 84 valence electrons. The van der Waals surface area contributed by atoms with Gasteiger partial charge in [-0.25, -0.2) is 0 Å². The van der Waals surface area contributed by atoms with E-state index < -0.39 is 0 Å². The van der Waals surface area contributed by atoms with E-state index in [1.807, 2.05) is 0 Å². The van der Waals surface area contributed by atoms with E-state index in [1.165, 1.54) is 6.42 Å². The van der Waals surface area contributed by atoms with E-state index in [1.54, 1.807) is 0 Å². The van der Waals surface area contributed by atoms with Crippen LogP contribution in [0.25, 0.3) is 0 Å². The SMILES string of the molecule is CCCNC(COC1COC1)C(C)C. The van der Waals surface area contributed by atoms with Crippen LogP contribution in [-0.2, 0) is 9.47 Å². The van der Waals surface area contributed by atoms with E-state index in [0.717, 1.165) is 26.4 Å².